The zero-order valence-corrected chi connectivity index (χ0v) is 8.86. The molecule has 1 aromatic carbocycles. The lowest BCUT2D eigenvalue weighted by atomic mass is 10.00. The predicted molar refractivity (Wildman–Crippen MR) is 62.5 cm³/mol. The molecule has 0 saturated carbocycles. The van der Waals surface area contributed by atoms with Crippen molar-refractivity contribution in [2.75, 3.05) is 12.3 Å². The summed E-state index contributed by atoms with van der Waals surface area (Å²) in [6.45, 7) is 5.89. The minimum absolute atomic E-state index is 0.0134. The zero-order valence-electron chi connectivity index (χ0n) is 8.86. The molecule has 1 aromatic rings. The normalized spacial score (nSPS) is 11.8. The Morgan fingerprint density at radius 3 is 3.00 bits per heavy atom. The van der Waals surface area contributed by atoms with Crippen LogP contribution in [-0.4, -0.2) is 12.5 Å². The van der Waals surface area contributed by atoms with Crippen molar-refractivity contribution in [2.45, 2.75) is 12.8 Å². The van der Waals surface area contributed by atoms with Gasteiger partial charge in [-0.05, 0) is 24.6 Å². The first-order chi connectivity index (χ1) is 7.15. The molecule has 0 radical (unpaired) electrons. The van der Waals surface area contributed by atoms with Gasteiger partial charge in [0, 0.05) is 12.2 Å². The van der Waals surface area contributed by atoms with Crippen LogP contribution in [0.1, 0.15) is 18.4 Å². The van der Waals surface area contributed by atoms with E-state index in [1.165, 1.54) is 0 Å². The summed E-state index contributed by atoms with van der Waals surface area (Å²) in [6, 6.07) is 7.37. The van der Waals surface area contributed by atoms with Gasteiger partial charge < -0.3 is 11.1 Å². The van der Waals surface area contributed by atoms with Gasteiger partial charge in [0.15, 0.2) is 0 Å². The number of hydrogen-bond acceptors (Lipinski definition) is 2. The highest BCUT2D eigenvalue weighted by Gasteiger charge is 2.13. The lowest BCUT2D eigenvalue weighted by molar-refractivity contribution is -0.121. The summed E-state index contributed by atoms with van der Waals surface area (Å²) in [4.78, 5) is 11.6. The van der Waals surface area contributed by atoms with Crippen LogP contribution in [0, 0.1) is 0 Å². The first-order valence-electron chi connectivity index (χ1n) is 4.89. The number of nitrogen functional groups attached to an aromatic ring is 1. The summed E-state index contributed by atoms with van der Waals surface area (Å²) >= 11 is 0. The van der Waals surface area contributed by atoms with E-state index in [4.69, 9.17) is 5.73 Å². The second-order valence-electron chi connectivity index (χ2n) is 3.43. The van der Waals surface area contributed by atoms with Crippen molar-refractivity contribution < 1.29 is 4.79 Å². The van der Waals surface area contributed by atoms with E-state index >= 15 is 0 Å². The van der Waals surface area contributed by atoms with Crippen molar-refractivity contribution >= 4 is 11.6 Å². The lowest BCUT2D eigenvalue weighted by Crippen LogP contribution is -2.27. The topological polar surface area (TPSA) is 55.1 Å². The molecule has 1 amide bonds. The van der Waals surface area contributed by atoms with Gasteiger partial charge >= 0.3 is 0 Å². The summed E-state index contributed by atoms with van der Waals surface area (Å²) in [6.07, 6.45) is 1.66. The largest absolute Gasteiger partial charge is 0.399 e. The van der Waals surface area contributed by atoms with E-state index in [-0.39, 0.29) is 11.8 Å². The molecule has 0 aliphatic rings. The fourth-order valence-electron chi connectivity index (χ4n) is 1.31. The summed E-state index contributed by atoms with van der Waals surface area (Å²) in [7, 11) is 0. The quantitative estimate of drug-likeness (QED) is 0.579. The summed E-state index contributed by atoms with van der Waals surface area (Å²) in [5.41, 5.74) is 7.25. The van der Waals surface area contributed by atoms with Gasteiger partial charge in [-0.1, -0.05) is 18.2 Å². The number of anilines is 1. The maximum Gasteiger partial charge on any atom is 0.227 e. The molecule has 1 unspecified atom stereocenters. The smallest absolute Gasteiger partial charge is 0.227 e. The molecular formula is C12H16N2O. The van der Waals surface area contributed by atoms with E-state index in [1.807, 2.05) is 25.1 Å². The average molecular weight is 204 g/mol. The molecular weight excluding hydrogens is 188 g/mol. The number of hydrogen-bond donors (Lipinski definition) is 2. The second-order valence-corrected chi connectivity index (χ2v) is 3.43. The molecule has 3 heteroatoms. The number of carbonyl (C=O) groups is 1. The average Bonchev–Trinajstić information content (AvgIpc) is 2.24. The van der Waals surface area contributed by atoms with E-state index in [0.717, 1.165) is 5.56 Å². The van der Waals surface area contributed by atoms with Crippen molar-refractivity contribution in [1.82, 2.24) is 5.32 Å². The molecule has 0 fully saturated rings. The molecule has 1 atom stereocenters. The number of amides is 1. The first kappa shape index (κ1) is 11.3. The fourth-order valence-corrected chi connectivity index (χ4v) is 1.31. The zero-order chi connectivity index (χ0) is 11.3. The van der Waals surface area contributed by atoms with E-state index in [2.05, 4.69) is 11.9 Å². The molecule has 0 heterocycles. The Bertz CT molecular complexity index is 360. The summed E-state index contributed by atoms with van der Waals surface area (Å²) < 4.78 is 0. The van der Waals surface area contributed by atoms with Crippen LogP contribution in [0.2, 0.25) is 0 Å². The van der Waals surface area contributed by atoms with E-state index in [1.54, 1.807) is 12.1 Å². The van der Waals surface area contributed by atoms with Gasteiger partial charge in [0.1, 0.15) is 0 Å². The highest BCUT2D eigenvalue weighted by Crippen LogP contribution is 2.17. The third-order valence-corrected chi connectivity index (χ3v) is 2.22. The third kappa shape index (κ3) is 3.13. The van der Waals surface area contributed by atoms with Gasteiger partial charge in [-0.3, -0.25) is 4.79 Å². The van der Waals surface area contributed by atoms with Gasteiger partial charge in [-0.2, -0.15) is 0 Å². The third-order valence-electron chi connectivity index (χ3n) is 2.22. The van der Waals surface area contributed by atoms with Crippen LogP contribution >= 0.6 is 0 Å². The van der Waals surface area contributed by atoms with Gasteiger partial charge in [0.25, 0.3) is 0 Å². The minimum Gasteiger partial charge on any atom is -0.399 e. The Kier molecular flexibility index (Phi) is 3.92. The second kappa shape index (κ2) is 5.20. The predicted octanol–water partition coefficient (Wildman–Crippen LogP) is 1.67. The van der Waals surface area contributed by atoms with Gasteiger partial charge in [-0.15, -0.1) is 6.58 Å². The van der Waals surface area contributed by atoms with Crippen molar-refractivity contribution in [3.8, 4) is 0 Å². The maximum atomic E-state index is 11.6. The Hall–Kier alpha value is -1.77. The molecule has 0 aliphatic heterocycles. The molecule has 0 aliphatic carbocycles. The molecule has 0 aromatic heterocycles. The Morgan fingerprint density at radius 1 is 1.67 bits per heavy atom. The van der Waals surface area contributed by atoms with E-state index in [0.29, 0.717) is 12.2 Å². The highest BCUT2D eigenvalue weighted by atomic mass is 16.1. The molecule has 80 valence electrons. The first-order valence-corrected chi connectivity index (χ1v) is 4.89. The number of nitrogens with two attached hydrogens (primary N) is 1. The van der Waals surface area contributed by atoms with Crippen LogP contribution < -0.4 is 11.1 Å². The monoisotopic (exact) mass is 204 g/mol. The van der Waals surface area contributed by atoms with Crippen LogP contribution in [0.5, 0.6) is 0 Å². The van der Waals surface area contributed by atoms with Crippen molar-refractivity contribution in [1.29, 1.82) is 0 Å². The standard InChI is InChI=1S/C12H16N2O/c1-3-7-14-12(15)9(2)10-5-4-6-11(13)8-10/h3-6,8-9H,1,7,13H2,2H3,(H,14,15). The van der Waals surface area contributed by atoms with Crippen LogP contribution in [0.3, 0.4) is 0 Å². The molecule has 15 heavy (non-hydrogen) atoms. The van der Waals surface area contributed by atoms with Crippen molar-refractivity contribution in [3.05, 3.63) is 42.5 Å². The van der Waals surface area contributed by atoms with Crippen LogP contribution in [-0.2, 0) is 4.79 Å². The summed E-state index contributed by atoms with van der Waals surface area (Å²) in [5.74, 6) is -0.200. The van der Waals surface area contributed by atoms with E-state index < -0.39 is 0 Å². The molecule has 3 nitrogen and oxygen atoms in total. The van der Waals surface area contributed by atoms with Crippen molar-refractivity contribution in [2.24, 2.45) is 0 Å². The molecule has 0 bridgehead atoms. The van der Waals surface area contributed by atoms with Gasteiger partial charge in [0.2, 0.25) is 5.91 Å². The molecule has 3 N–H and O–H groups in total. The Labute approximate surface area is 90.0 Å². The van der Waals surface area contributed by atoms with Gasteiger partial charge in [0.05, 0.1) is 5.92 Å². The van der Waals surface area contributed by atoms with Crippen LogP contribution in [0.4, 0.5) is 5.69 Å². The maximum absolute atomic E-state index is 11.6. The number of rotatable bonds is 4. The Morgan fingerprint density at radius 2 is 2.40 bits per heavy atom. The Balaban J connectivity index is 2.71. The number of benzene rings is 1. The minimum atomic E-state index is -0.187. The SMILES string of the molecule is C=CCNC(=O)C(C)c1cccc(N)c1. The number of carbonyl (C=O) groups excluding carboxylic acids is 1. The van der Waals surface area contributed by atoms with Crippen LogP contribution in [0.15, 0.2) is 36.9 Å². The fraction of sp³-hybridized carbons (Fsp3) is 0.250. The van der Waals surface area contributed by atoms with Crippen molar-refractivity contribution in [3.63, 3.8) is 0 Å². The van der Waals surface area contributed by atoms with E-state index in [9.17, 15) is 4.79 Å². The highest BCUT2D eigenvalue weighted by molar-refractivity contribution is 5.83. The molecule has 0 spiro atoms. The molecule has 1 rings (SSSR count). The van der Waals surface area contributed by atoms with Gasteiger partial charge in [-0.25, -0.2) is 0 Å². The number of nitrogens with one attached hydrogen (secondary N) is 1. The lowest BCUT2D eigenvalue weighted by Gasteiger charge is -2.11. The molecule has 0 saturated heterocycles. The summed E-state index contributed by atoms with van der Waals surface area (Å²) in [5, 5.41) is 2.75. The van der Waals surface area contributed by atoms with Crippen LogP contribution in [0.25, 0.3) is 0 Å².